The maximum atomic E-state index is 8.88. The van der Waals surface area contributed by atoms with Crippen LogP contribution in [0.5, 0.6) is 0 Å². The average molecular weight is 194 g/mol. The molecule has 0 unspecified atom stereocenters. The Kier molecular flexibility index (Phi) is 11.1. The fourth-order valence-electron chi connectivity index (χ4n) is 0. The first-order valence-corrected chi connectivity index (χ1v) is 4.30. The molecule has 7 N–H and O–H groups in total. The van der Waals surface area contributed by atoms with Gasteiger partial charge in [-0.3, -0.25) is 4.46 Å². The minimum absolute atomic E-state index is 0. The van der Waals surface area contributed by atoms with Crippen LogP contribution >= 0.6 is 7.82 Å². The largest absolute Gasteiger partial charge is 0.761 e. The van der Waals surface area contributed by atoms with Crippen molar-refractivity contribution in [2.75, 3.05) is 0 Å². The topological polar surface area (TPSA) is 167 Å². The Balaban J connectivity index is -0.0000000910. The van der Waals surface area contributed by atoms with E-state index >= 15 is 0 Å². The molecule has 0 fully saturated rings. The number of hydrogen-bond donors (Lipinski definition) is 5. The molecule has 8 nitrogen and oxygen atoms in total. The van der Waals surface area contributed by atoms with Gasteiger partial charge in [-0.25, -0.2) is 4.57 Å². The highest BCUT2D eigenvalue weighted by atomic mass is 31.2. The molecular weight excluding hydrogens is 187 g/mol. The highest BCUT2D eigenvalue weighted by Gasteiger charge is 2.00. The van der Waals surface area contributed by atoms with Crippen LogP contribution in [-0.2, 0) is 9.03 Å². The maximum absolute atomic E-state index is 8.88. The van der Waals surface area contributed by atoms with E-state index in [-0.39, 0.29) is 5.48 Å². The van der Waals surface area contributed by atoms with Gasteiger partial charge in [-0.1, -0.05) is 0 Å². The summed E-state index contributed by atoms with van der Waals surface area (Å²) in [5, 5.41) is 0. The van der Waals surface area contributed by atoms with Crippen molar-refractivity contribution in [2.45, 2.75) is 0 Å². The lowest BCUT2D eigenvalue weighted by atomic mass is 15.8. The van der Waals surface area contributed by atoms with E-state index < -0.39 is 17.0 Å². The molecule has 0 atom stereocenters. The molecule has 0 bridgehead atoms. The van der Waals surface area contributed by atoms with Crippen molar-refractivity contribution in [1.82, 2.24) is 0 Å². The summed E-state index contributed by atoms with van der Waals surface area (Å²) in [7, 11) is -7.77. The Morgan fingerprint density at radius 1 is 1.10 bits per heavy atom. The van der Waals surface area contributed by atoms with Crippen molar-refractivity contribution in [1.29, 1.82) is 0 Å². The van der Waals surface area contributed by atoms with Crippen LogP contribution in [0.4, 0.5) is 0 Å². The third kappa shape index (κ3) is 3510. The summed E-state index contributed by atoms with van der Waals surface area (Å²) in [6.45, 7) is 0. The van der Waals surface area contributed by atoms with Crippen LogP contribution in [0.3, 0.4) is 0 Å². The van der Waals surface area contributed by atoms with Gasteiger partial charge in [0.1, 0.15) is 0 Å². The predicted molar refractivity (Wildman–Crippen MR) is 28.8 cm³/mol. The fourth-order valence-corrected chi connectivity index (χ4v) is 0. The third-order valence-electron chi connectivity index (χ3n) is 0. The van der Waals surface area contributed by atoms with Crippen LogP contribution in [0.25, 0.3) is 0 Å². The standard InChI is InChI=1S/H3O4P.H2O3Si.H2O/c1-5(2,3)4;1-4(2)3;/h(H3,1,2,3,4);1-2H;1H2. The van der Waals surface area contributed by atoms with Gasteiger partial charge in [0.25, 0.3) is 0 Å². The van der Waals surface area contributed by atoms with Gasteiger partial charge in [0.05, 0.1) is 0 Å². The SMILES string of the molecule is O.O=P(O)(O)O.O=[Si](O)O. The van der Waals surface area contributed by atoms with Crippen molar-refractivity contribution in [3.8, 4) is 0 Å². The lowest BCUT2D eigenvalue weighted by Gasteiger charge is -1.82. The van der Waals surface area contributed by atoms with Gasteiger partial charge in [0.2, 0.25) is 0 Å². The van der Waals surface area contributed by atoms with Crippen LogP contribution in [-0.4, -0.2) is 38.9 Å². The van der Waals surface area contributed by atoms with Gasteiger partial charge in [-0.15, -0.1) is 0 Å². The molecule has 0 heterocycles. The molecule has 0 spiro atoms. The van der Waals surface area contributed by atoms with Crippen LogP contribution < -0.4 is 0 Å². The summed E-state index contributed by atoms with van der Waals surface area (Å²) in [5.41, 5.74) is 0. The molecule has 0 aliphatic carbocycles. The van der Waals surface area contributed by atoms with E-state index in [2.05, 4.69) is 0 Å². The molecule has 0 amide bonds. The molecule has 64 valence electrons. The van der Waals surface area contributed by atoms with Gasteiger partial charge in [0.15, 0.2) is 0 Å². The Bertz CT molecular complexity index is 109. The Hall–Kier alpha value is -0.313. The second-order valence-corrected chi connectivity index (χ2v) is 2.39. The summed E-state index contributed by atoms with van der Waals surface area (Å²) in [6.07, 6.45) is 0. The summed E-state index contributed by atoms with van der Waals surface area (Å²) in [5.74, 6) is 0. The van der Waals surface area contributed by atoms with E-state index in [0.717, 1.165) is 0 Å². The molecule has 0 aromatic heterocycles. The summed E-state index contributed by atoms with van der Waals surface area (Å²) < 4.78 is 17.6. The Labute approximate surface area is 56.8 Å². The molecule has 0 saturated carbocycles. The van der Waals surface area contributed by atoms with Gasteiger partial charge < -0.3 is 29.7 Å². The van der Waals surface area contributed by atoms with E-state index in [4.69, 9.17) is 33.3 Å². The zero-order chi connectivity index (χ0) is 8.08. The minimum Gasteiger partial charge on any atom is -0.511 e. The fraction of sp³-hybridized carbons (Fsp3) is 0. The molecule has 0 aromatic carbocycles. The summed E-state index contributed by atoms with van der Waals surface area (Å²) in [6, 6.07) is 0. The van der Waals surface area contributed by atoms with E-state index in [1.165, 1.54) is 0 Å². The second-order valence-electron chi connectivity index (χ2n) is 0.796. The highest BCUT2D eigenvalue weighted by molar-refractivity contribution is 7.45. The molecule has 10 heteroatoms. The first kappa shape index (κ1) is 16.3. The van der Waals surface area contributed by atoms with Crippen LogP contribution in [0.15, 0.2) is 0 Å². The monoisotopic (exact) mass is 194 g/mol. The van der Waals surface area contributed by atoms with Crippen LogP contribution in [0.1, 0.15) is 0 Å². The highest BCUT2D eigenvalue weighted by Crippen LogP contribution is 2.25. The van der Waals surface area contributed by atoms with Crippen LogP contribution in [0, 0.1) is 0 Å². The van der Waals surface area contributed by atoms with E-state index in [1.807, 2.05) is 0 Å². The minimum atomic E-state index is -4.64. The summed E-state index contributed by atoms with van der Waals surface area (Å²) >= 11 is 0. The van der Waals surface area contributed by atoms with E-state index in [1.54, 1.807) is 0 Å². The van der Waals surface area contributed by atoms with Gasteiger partial charge in [0, 0.05) is 0 Å². The average Bonchev–Trinajstić information content (AvgIpc) is 1.19. The van der Waals surface area contributed by atoms with Crippen molar-refractivity contribution in [3.05, 3.63) is 0 Å². The quantitative estimate of drug-likeness (QED) is 0.198. The normalized spacial score (nSPS) is 8.30. The van der Waals surface area contributed by atoms with Crippen molar-refractivity contribution < 1.29 is 38.8 Å². The number of phosphoric acid groups is 1. The van der Waals surface area contributed by atoms with E-state index in [0.29, 0.717) is 0 Å². The van der Waals surface area contributed by atoms with Gasteiger partial charge in [-0.2, -0.15) is 0 Å². The lowest BCUT2D eigenvalue weighted by Crippen LogP contribution is -1.90. The smallest absolute Gasteiger partial charge is 0.511 e. The van der Waals surface area contributed by atoms with Crippen molar-refractivity contribution >= 4 is 17.0 Å². The first-order valence-electron chi connectivity index (χ1n) is 1.43. The van der Waals surface area contributed by atoms with Gasteiger partial charge in [-0.05, 0) is 0 Å². The number of rotatable bonds is 0. The predicted octanol–water partition coefficient (Wildman–Crippen LogP) is -3.37. The maximum Gasteiger partial charge on any atom is 0.761 e. The molecular formula is H7O8PSi. The molecule has 0 aromatic rings. The molecule has 0 saturated heterocycles. The third-order valence-corrected chi connectivity index (χ3v) is 0. The molecule has 0 radical (unpaired) electrons. The molecule has 0 rings (SSSR count). The summed E-state index contributed by atoms with van der Waals surface area (Å²) in [4.78, 5) is 35.9. The second kappa shape index (κ2) is 6.80. The molecule has 0 aliphatic heterocycles. The molecule has 0 aliphatic rings. The van der Waals surface area contributed by atoms with Gasteiger partial charge >= 0.3 is 17.0 Å². The lowest BCUT2D eigenvalue weighted by molar-refractivity contribution is 0.275. The van der Waals surface area contributed by atoms with E-state index in [9.17, 15) is 0 Å². The first-order chi connectivity index (χ1) is 3.73. The van der Waals surface area contributed by atoms with Crippen molar-refractivity contribution in [2.24, 2.45) is 0 Å². The molecule has 10 heavy (non-hydrogen) atoms. The Morgan fingerprint density at radius 3 is 1.10 bits per heavy atom. The number of hydrogen-bond acceptors (Lipinski definition) is 2. The zero-order valence-corrected chi connectivity index (χ0v) is 6.39. The zero-order valence-electron chi connectivity index (χ0n) is 4.50. The van der Waals surface area contributed by atoms with Crippen LogP contribution in [0.2, 0.25) is 0 Å². The Morgan fingerprint density at radius 2 is 1.10 bits per heavy atom. The van der Waals surface area contributed by atoms with Crippen molar-refractivity contribution in [3.63, 3.8) is 0 Å².